The summed E-state index contributed by atoms with van der Waals surface area (Å²) >= 11 is 0. The first kappa shape index (κ1) is 19.2. The van der Waals surface area contributed by atoms with E-state index in [0.29, 0.717) is 6.54 Å². The second-order valence-electron chi connectivity index (χ2n) is 5.72. The van der Waals surface area contributed by atoms with Crippen LogP contribution in [-0.4, -0.2) is 31.7 Å². The summed E-state index contributed by atoms with van der Waals surface area (Å²) in [5.74, 6) is -0.454. The van der Waals surface area contributed by atoms with E-state index in [-0.39, 0.29) is 19.2 Å². The van der Waals surface area contributed by atoms with Gasteiger partial charge in [0, 0.05) is 12.2 Å². The van der Waals surface area contributed by atoms with Gasteiger partial charge >= 0.3 is 12.0 Å². The number of rotatable bonds is 7. The first-order valence-electron chi connectivity index (χ1n) is 8.59. The van der Waals surface area contributed by atoms with Crippen LogP contribution in [0.3, 0.4) is 0 Å². The zero-order chi connectivity index (χ0) is 18.8. The quantitative estimate of drug-likeness (QED) is 0.771. The molecule has 0 aliphatic rings. The van der Waals surface area contributed by atoms with Crippen molar-refractivity contribution >= 4 is 23.8 Å². The van der Waals surface area contributed by atoms with Gasteiger partial charge in [0.2, 0.25) is 0 Å². The Labute approximate surface area is 154 Å². The number of esters is 1. The fourth-order valence-electron chi connectivity index (χ4n) is 2.34. The minimum Gasteiger partial charge on any atom is -0.465 e. The maximum absolute atomic E-state index is 12.6. The molecule has 2 amide bonds. The van der Waals surface area contributed by atoms with Crippen LogP contribution < -0.4 is 10.2 Å². The molecule has 0 saturated heterocycles. The second kappa shape index (κ2) is 10.0. The van der Waals surface area contributed by atoms with Crippen molar-refractivity contribution in [2.24, 2.45) is 0 Å². The van der Waals surface area contributed by atoms with Crippen molar-refractivity contribution < 1.29 is 14.3 Å². The molecule has 0 aromatic heterocycles. The lowest BCUT2D eigenvalue weighted by molar-refractivity contribution is -0.141. The number of carbonyl (C=O) groups excluding carboxylic acids is 2. The third kappa shape index (κ3) is 6.09. The Bertz CT molecular complexity index is 740. The Kier molecular flexibility index (Phi) is 7.43. The molecule has 0 saturated carbocycles. The molecule has 0 aliphatic heterocycles. The molecule has 0 aliphatic carbocycles. The van der Waals surface area contributed by atoms with Crippen molar-refractivity contribution in [2.75, 3.05) is 24.6 Å². The summed E-state index contributed by atoms with van der Waals surface area (Å²) in [5.41, 5.74) is 2.93. The van der Waals surface area contributed by atoms with Gasteiger partial charge in [-0.1, -0.05) is 60.2 Å². The van der Waals surface area contributed by atoms with Crippen LogP contribution in [0.4, 0.5) is 10.5 Å². The second-order valence-corrected chi connectivity index (χ2v) is 5.72. The molecular weight excluding hydrogens is 328 g/mol. The highest BCUT2D eigenvalue weighted by atomic mass is 16.5. The number of amides is 2. The van der Waals surface area contributed by atoms with Gasteiger partial charge in [0.25, 0.3) is 0 Å². The Morgan fingerprint density at radius 3 is 2.42 bits per heavy atom. The Morgan fingerprint density at radius 1 is 1.08 bits per heavy atom. The van der Waals surface area contributed by atoms with Crippen LogP contribution in [0.2, 0.25) is 0 Å². The SMILES string of the molecule is CCOC(=O)CNC(=O)N(C/C=C/c1ccccc1)c1ccc(C)cc1. The molecule has 2 aromatic carbocycles. The minimum absolute atomic E-state index is 0.155. The van der Waals surface area contributed by atoms with E-state index in [9.17, 15) is 9.59 Å². The van der Waals surface area contributed by atoms with Crippen LogP contribution in [-0.2, 0) is 9.53 Å². The van der Waals surface area contributed by atoms with E-state index in [4.69, 9.17) is 4.74 Å². The summed E-state index contributed by atoms with van der Waals surface area (Å²) in [6.45, 7) is 4.23. The summed E-state index contributed by atoms with van der Waals surface area (Å²) < 4.78 is 4.85. The number of ether oxygens (including phenoxy) is 1. The van der Waals surface area contributed by atoms with Crippen molar-refractivity contribution in [1.29, 1.82) is 0 Å². The van der Waals surface area contributed by atoms with Crippen LogP contribution in [0, 0.1) is 6.92 Å². The van der Waals surface area contributed by atoms with Crippen molar-refractivity contribution in [3.63, 3.8) is 0 Å². The molecule has 136 valence electrons. The predicted molar refractivity (Wildman–Crippen MR) is 104 cm³/mol. The highest BCUT2D eigenvalue weighted by molar-refractivity contribution is 5.94. The largest absolute Gasteiger partial charge is 0.465 e. The maximum atomic E-state index is 12.6. The average molecular weight is 352 g/mol. The van der Waals surface area contributed by atoms with Crippen LogP contribution in [0.15, 0.2) is 60.7 Å². The van der Waals surface area contributed by atoms with E-state index in [0.717, 1.165) is 16.8 Å². The number of nitrogens with zero attached hydrogens (tertiary/aromatic N) is 1. The van der Waals surface area contributed by atoms with Gasteiger partial charge in [-0.15, -0.1) is 0 Å². The summed E-state index contributed by atoms with van der Waals surface area (Å²) in [6, 6.07) is 17.2. The van der Waals surface area contributed by atoms with Crippen molar-refractivity contribution in [3.8, 4) is 0 Å². The topological polar surface area (TPSA) is 58.6 Å². The lowest BCUT2D eigenvalue weighted by Crippen LogP contribution is -2.42. The van der Waals surface area contributed by atoms with Crippen molar-refractivity contribution in [1.82, 2.24) is 5.32 Å². The molecule has 1 N–H and O–H groups in total. The molecule has 0 fully saturated rings. The zero-order valence-electron chi connectivity index (χ0n) is 15.1. The molecule has 0 radical (unpaired) electrons. The van der Waals surface area contributed by atoms with Crippen LogP contribution in [0.1, 0.15) is 18.1 Å². The van der Waals surface area contributed by atoms with Crippen LogP contribution >= 0.6 is 0 Å². The van der Waals surface area contributed by atoms with Gasteiger partial charge in [-0.05, 0) is 31.5 Å². The number of hydrogen-bond acceptors (Lipinski definition) is 3. The van der Waals surface area contributed by atoms with Crippen molar-refractivity contribution in [3.05, 3.63) is 71.8 Å². The number of nitrogens with one attached hydrogen (secondary N) is 1. The summed E-state index contributed by atoms with van der Waals surface area (Å²) in [7, 11) is 0. The Hall–Kier alpha value is -3.08. The van der Waals surface area contributed by atoms with Gasteiger partial charge in [0.1, 0.15) is 6.54 Å². The fraction of sp³-hybridized carbons (Fsp3) is 0.238. The molecular formula is C21H24N2O3. The molecule has 0 atom stereocenters. The Balaban J connectivity index is 2.08. The van der Waals surface area contributed by atoms with E-state index >= 15 is 0 Å². The number of carbonyl (C=O) groups is 2. The average Bonchev–Trinajstić information content (AvgIpc) is 2.65. The van der Waals surface area contributed by atoms with E-state index < -0.39 is 5.97 Å². The van der Waals surface area contributed by atoms with Gasteiger partial charge in [-0.2, -0.15) is 0 Å². The first-order valence-corrected chi connectivity index (χ1v) is 8.59. The lowest BCUT2D eigenvalue weighted by atomic mass is 10.2. The van der Waals surface area contributed by atoms with Gasteiger partial charge in [-0.25, -0.2) is 4.79 Å². The third-order valence-corrected chi connectivity index (χ3v) is 3.68. The highest BCUT2D eigenvalue weighted by Crippen LogP contribution is 2.15. The molecule has 0 spiro atoms. The van der Waals surface area contributed by atoms with Gasteiger partial charge in [0.05, 0.1) is 6.61 Å². The van der Waals surface area contributed by atoms with Crippen LogP contribution in [0.25, 0.3) is 6.08 Å². The Morgan fingerprint density at radius 2 is 1.77 bits per heavy atom. The summed E-state index contributed by atoms with van der Waals surface area (Å²) in [4.78, 5) is 25.6. The normalized spacial score (nSPS) is 10.5. The molecule has 0 heterocycles. The van der Waals surface area contributed by atoms with Gasteiger partial charge in [-0.3, -0.25) is 9.69 Å². The van der Waals surface area contributed by atoms with Gasteiger partial charge < -0.3 is 10.1 Å². The smallest absolute Gasteiger partial charge is 0.325 e. The zero-order valence-corrected chi connectivity index (χ0v) is 15.1. The number of aryl methyl sites for hydroxylation is 1. The molecule has 0 unspecified atom stereocenters. The fourth-order valence-corrected chi connectivity index (χ4v) is 2.34. The van der Waals surface area contributed by atoms with Gasteiger partial charge in [0.15, 0.2) is 0 Å². The first-order chi connectivity index (χ1) is 12.6. The van der Waals surface area contributed by atoms with E-state index in [2.05, 4.69) is 5.32 Å². The monoisotopic (exact) mass is 352 g/mol. The molecule has 2 rings (SSSR count). The molecule has 26 heavy (non-hydrogen) atoms. The molecule has 5 nitrogen and oxygen atoms in total. The van der Waals surface area contributed by atoms with Crippen LogP contribution in [0.5, 0.6) is 0 Å². The highest BCUT2D eigenvalue weighted by Gasteiger charge is 2.15. The standard InChI is InChI=1S/C21H24N2O3/c1-3-26-20(24)16-22-21(25)23(19-13-11-17(2)12-14-19)15-7-10-18-8-5-4-6-9-18/h4-14H,3,15-16H2,1-2H3,(H,22,25)/b10-7+. The lowest BCUT2D eigenvalue weighted by Gasteiger charge is -2.22. The molecule has 0 bridgehead atoms. The molecule has 2 aromatic rings. The van der Waals surface area contributed by atoms with E-state index in [1.54, 1.807) is 11.8 Å². The number of hydrogen-bond donors (Lipinski definition) is 1. The number of urea groups is 1. The third-order valence-electron chi connectivity index (χ3n) is 3.68. The predicted octanol–water partition coefficient (Wildman–Crippen LogP) is 3.79. The minimum atomic E-state index is -0.454. The molecule has 5 heteroatoms. The number of anilines is 1. The van der Waals surface area contributed by atoms with Crippen molar-refractivity contribution in [2.45, 2.75) is 13.8 Å². The van der Waals surface area contributed by atoms with E-state index in [1.165, 1.54) is 0 Å². The summed E-state index contributed by atoms with van der Waals surface area (Å²) in [5, 5.41) is 2.61. The maximum Gasteiger partial charge on any atom is 0.325 e. The summed E-state index contributed by atoms with van der Waals surface area (Å²) in [6.07, 6.45) is 3.87. The van der Waals surface area contributed by atoms with E-state index in [1.807, 2.05) is 73.7 Å². The number of benzene rings is 2.